The highest BCUT2D eigenvalue weighted by molar-refractivity contribution is 5.77. The molecule has 1 aliphatic rings. The molecular formula is C11H18F3NO3. The van der Waals surface area contributed by atoms with Crippen LogP contribution in [0.3, 0.4) is 0 Å². The van der Waals surface area contributed by atoms with Crippen LogP contribution in [0.5, 0.6) is 0 Å². The summed E-state index contributed by atoms with van der Waals surface area (Å²) in [4.78, 5) is 11.2. The summed E-state index contributed by atoms with van der Waals surface area (Å²) >= 11 is 0. The van der Waals surface area contributed by atoms with Crippen molar-refractivity contribution >= 4 is 5.91 Å². The van der Waals surface area contributed by atoms with Crippen molar-refractivity contribution in [2.24, 2.45) is 5.92 Å². The number of hydrogen-bond donors (Lipinski definition) is 2. The van der Waals surface area contributed by atoms with Crippen LogP contribution in [0.25, 0.3) is 0 Å². The molecule has 1 rings (SSSR count). The summed E-state index contributed by atoms with van der Waals surface area (Å²) in [6.07, 6.45) is -1.51. The van der Waals surface area contributed by atoms with Gasteiger partial charge in [-0.1, -0.05) is 6.42 Å². The Hall–Kier alpha value is -0.820. The lowest BCUT2D eigenvalue weighted by molar-refractivity contribution is -0.175. The first-order valence-corrected chi connectivity index (χ1v) is 5.96. The molecule has 0 bridgehead atoms. The average molecular weight is 269 g/mol. The molecule has 0 heterocycles. The molecule has 0 spiro atoms. The van der Waals surface area contributed by atoms with E-state index < -0.39 is 25.3 Å². The first-order valence-electron chi connectivity index (χ1n) is 5.96. The lowest BCUT2D eigenvalue weighted by Gasteiger charge is -2.25. The SMILES string of the molecule is O=C(COCC(F)(F)F)NCC1CCCC(O)C1. The molecule has 1 amide bonds. The van der Waals surface area contributed by atoms with Crippen LogP contribution in [-0.4, -0.2) is 43.1 Å². The summed E-state index contributed by atoms with van der Waals surface area (Å²) in [6.45, 7) is -1.62. The van der Waals surface area contributed by atoms with Crippen LogP contribution in [0.15, 0.2) is 0 Å². The Labute approximate surface area is 103 Å². The smallest absolute Gasteiger partial charge is 0.393 e. The number of aliphatic hydroxyl groups is 1. The van der Waals surface area contributed by atoms with E-state index in [9.17, 15) is 23.1 Å². The topological polar surface area (TPSA) is 58.6 Å². The normalized spacial score (nSPS) is 24.9. The number of hydrogen-bond acceptors (Lipinski definition) is 3. The summed E-state index contributed by atoms with van der Waals surface area (Å²) in [5, 5.41) is 11.9. The quantitative estimate of drug-likeness (QED) is 0.789. The molecule has 0 radical (unpaired) electrons. The molecule has 0 saturated heterocycles. The van der Waals surface area contributed by atoms with Gasteiger partial charge in [0, 0.05) is 6.54 Å². The van der Waals surface area contributed by atoms with Gasteiger partial charge in [0.2, 0.25) is 5.91 Å². The molecule has 0 aromatic carbocycles. The Bertz CT molecular complexity index is 271. The van der Waals surface area contributed by atoms with Crippen molar-refractivity contribution in [3.8, 4) is 0 Å². The van der Waals surface area contributed by atoms with E-state index in [-0.39, 0.29) is 12.0 Å². The van der Waals surface area contributed by atoms with Gasteiger partial charge in [0.25, 0.3) is 0 Å². The fraction of sp³-hybridized carbons (Fsp3) is 0.909. The minimum atomic E-state index is -4.41. The molecule has 1 aliphatic carbocycles. The van der Waals surface area contributed by atoms with Gasteiger partial charge in [-0.3, -0.25) is 4.79 Å². The third-order valence-corrected chi connectivity index (χ3v) is 2.84. The third-order valence-electron chi connectivity index (χ3n) is 2.84. The zero-order valence-electron chi connectivity index (χ0n) is 10.0. The molecule has 106 valence electrons. The lowest BCUT2D eigenvalue weighted by Crippen LogP contribution is -2.35. The van der Waals surface area contributed by atoms with E-state index >= 15 is 0 Å². The Morgan fingerprint density at radius 1 is 1.39 bits per heavy atom. The van der Waals surface area contributed by atoms with Crippen LogP contribution in [0.1, 0.15) is 25.7 Å². The summed E-state index contributed by atoms with van der Waals surface area (Å²) in [5.41, 5.74) is 0. The van der Waals surface area contributed by atoms with Crippen molar-refractivity contribution in [1.29, 1.82) is 0 Å². The largest absolute Gasteiger partial charge is 0.411 e. The number of rotatable bonds is 5. The number of ether oxygens (including phenoxy) is 1. The maximum absolute atomic E-state index is 11.7. The number of amides is 1. The highest BCUT2D eigenvalue weighted by atomic mass is 19.4. The van der Waals surface area contributed by atoms with Crippen LogP contribution in [0, 0.1) is 5.92 Å². The molecular weight excluding hydrogens is 251 g/mol. The molecule has 0 aromatic rings. The minimum absolute atomic E-state index is 0.195. The summed E-state index contributed by atoms with van der Waals surface area (Å²) in [6, 6.07) is 0. The molecule has 2 unspecified atom stereocenters. The van der Waals surface area contributed by atoms with Crippen LogP contribution >= 0.6 is 0 Å². The second-order valence-corrected chi connectivity index (χ2v) is 4.60. The fourth-order valence-corrected chi connectivity index (χ4v) is 2.02. The van der Waals surface area contributed by atoms with E-state index in [1.807, 2.05) is 0 Å². The molecule has 2 N–H and O–H groups in total. The van der Waals surface area contributed by atoms with E-state index in [2.05, 4.69) is 10.1 Å². The Kier molecular flexibility index (Phi) is 5.87. The van der Waals surface area contributed by atoms with E-state index in [1.165, 1.54) is 0 Å². The lowest BCUT2D eigenvalue weighted by atomic mass is 9.87. The van der Waals surface area contributed by atoms with Crippen molar-refractivity contribution in [1.82, 2.24) is 5.32 Å². The summed E-state index contributed by atoms with van der Waals surface area (Å²) < 4.78 is 39.5. The second-order valence-electron chi connectivity index (χ2n) is 4.60. The van der Waals surface area contributed by atoms with Crippen molar-refractivity contribution in [2.45, 2.75) is 38.0 Å². The molecule has 2 atom stereocenters. The van der Waals surface area contributed by atoms with Crippen LogP contribution in [-0.2, 0) is 9.53 Å². The number of alkyl halides is 3. The van der Waals surface area contributed by atoms with Gasteiger partial charge < -0.3 is 15.2 Å². The predicted molar refractivity (Wildman–Crippen MR) is 57.8 cm³/mol. The van der Waals surface area contributed by atoms with E-state index in [0.29, 0.717) is 13.0 Å². The molecule has 1 saturated carbocycles. The number of carbonyl (C=O) groups excluding carboxylic acids is 1. The molecule has 18 heavy (non-hydrogen) atoms. The maximum atomic E-state index is 11.7. The van der Waals surface area contributed by atoms with Crippen LogP contribution < -0.4 is 5.32 Å². The second kappa shape index (κ2) is 6.94. The number of nitrogens with one attached hydrogen (secondary N) is 1. The summed E-state index contributed by atoms with van der Waals surface area (Å²) in [7, 11) is 0. The van der Waals surface area contributed by atoms with Gasteiger partial charge in [0.05, 0.1) is 6.10 Å². The first kappa shape index (κ1) is 15.2. The molecule has 4 nitrogen and oxygen atoms in total. The monoisotopic (exact) mass is 269 g/mol. The van der Waals surface area contributed by atoms with Gasteiger partial charge in [-0.05, 0) is 25.2 Å². The van der Waals surface area contributed by atoms with Gasteiger partial charge in [0.15, 0.2) is 0 Å². The van der Waals surface area contributed by atoms with Crippen LogP contribution in [0.2, 0.25) is 0 Å². The maximum Gasteiger partial charge on any atom is 0.411 e. The van der Waals surface area contributed by atoms with Crippen molar-refractivity contribution in [3.63, 3.8) is 0 Å². The highest BCUT2D eigenvalue weighted by Gasteiger charge is 2.28. The van der Waals surface area contributed by atoms with Gasteiger partial charge in [-0.15, -0.1) is 0 Å². The predicted octanol–water partition coefficient (Wildman–Crippen LogP) is 1.23. The molecule has 0 aliphatic heterocycles. The van der Waals surface area contributed by atoms with Crippen molar-refractivity contribution in [2.75, 3.05) is 19.8 Å². The first-order chi connectivity index (χ1) is 8.37. The number of halogens is 3. The Morgan fingerprint density at radius 3 is 2.72 bits per heavy atom. The Morgan fingerprint density at radius 2 is 2.11 bits per heavy atom. The highest BCUT2D eigenvalue weighted by Crippen LogP contribution is 2.23. The third kappa shape index (κ3) is 6.80. The number of carbonyl (C=O) groups is 1. The molecule has 7 heteroatoms. The zero-order valence-corrected chi connectivity index (χ0v) is 10.0. The van der Waals surface area contributed by atoms with Gasteiger partial charge in [-0.25, -0.2) is 0 Å². The minimum Gasteiger partial charge on any atom is -0.393 e. The van der Waals surface area contributed by atoms with Crippen LogP contribution in [0.4, 0.5) is 13.2 Å². The molecule has 1 fully saturated rings. The van der Waals surface area contributed by atoms with Gasteiger partial charge in [0.1, 0.15) is 13.2 Å². The Balaban J connectivity index is 2.09. The molecule has 0 aromatic heterocycles. The standard InChI is InChI=1S/C11H18F3NO3/c12-11(13,14)7-18-6-10(17)15-5-8-2-1-3-9(16)4-8/h8-9,16H,1-7H2,(H,15,17). The van der Waals surface area contributed by atoms with E-state index in [0.717, 1.165) is 19.3 Å². The van der Waals surface area contributed by atoms with E-state index in [1.54, 1.807) is 0 Å². The van der Waals surface area contributed by atoms with Gasteiger partial charge in [-0.2, -0.15) is 13.2 Å². The van der Waals surface area contributed by atoms with E-state index in [4.69, 9.17) is 0 Å². The fourth-order valence-electron chi connectivity index (χ4n) is 2.02. The zero-order chi connectivity index (χ0) is 13.6. The van der Waals surface area contributed by atoms with Crippen molar-refractivity contribution < 1.29 is 27.8 Å². The summed E-state index contributed by atoms with van der Waals surface area (Å²) in [5.74, 6) is -0.361. The van der Waals surface area contributed by atoms with Crippen molar-refractivity contribution in [3.05, 3.63) is 0 Å². The number of aliphatic hydroxyl groups excluding tert-OH is 1. The van der Waals surface area contributed by atoms with Gasteiger partial charge >= 0.3 is 6.18 Å². The average Bonchev–Trinajstić information content (AvgIpc) is 2.25.